The minimum absolute atomic E-state index is 0.216. The molecule has 0 aliphatic carbocycles. The van der Waals surface area contributed by atoms with Gasteiger partial charge in [-0.2, -0.15) is 0 Å². The van der Waals surface area contributed by atoms with Crippen molar-refractivity contribution in [3.8, 4) is 0 Å². The van der Waals surface area contributed by atoms with Crippen LogP contribution >= 0.6 is 23.2 Å². The Morgan fingerprint density at radius 2 is 2.18 bits per heavy atom. The molecule has 0 radical (unpaired) electrons. The molecule has 1 aliphatic rings. The smallest absolute Gasteiger partial charge is 0.127 e. The molecule has 1 heterocycles. The van der Waals surface area contributed by atoms with Crippen molar-refractivity contribution in [2.45, 2.75) is 31.7 Å². The van der Waals surface area contributed by atoms with E-state index in [9.17, 15) is 4.39 Å². The van der Waals surface area contributed by atoms with Crippen LogP contribution in [0.2, 0.25) is 5.02 Å². The average Bonchev–Trinajstić information content (AvgIpc) is 2.69. The lowest BCUT2D eigenvalue weighted by molar-refractivity contribution is 0.120. The molecule has 17 heavy (non-hydrogen) atoms. The van der Waals surface area contributed by atoms with Gasteiger partial charge in [0.25, 0.3) is 0 Å². The lowest BCUT2D eigenvalue weighted by Crippen LogP contribution is -2.09. The summed E-state index contributed by atoms with van der Waals surface area (Å²) in [6.07, 6.45) is 1.16. The van der Waals surface area contributed by atoms with Crippen molar-refractivity contribution >= 4 is 23.2 Å². The SMILES string of the molecule is Cc1cc(C(Cl)C2COC(C)C2)c(Cl)cc1F. The molecular weight excluding hydrogens is 262 g/mol. The van der Waals surface area contributed by atoms with Crippen molar-refractivity contribution in [1.82, 2.24) is 0 Å². The molecular formula is C13H15Cl2FO. The molecule has 1 aromatic carbocycles. The third-order valence-electron chi connectivity index (χ3n) is 3.22. The minimum atomic E-state index is -0.293. The fourth-order valence-electron chi connectivity index (χ4n) is 2.20. The third-order valence-corrected chi connectivity index (χ3v) is 4.14. The minimum Gasteiger partial charge on any atom is -0.378 e. The Balaban J connectivity index is 2.24. The van der Waals surface area contributed by atoms with Crippen LogP contribution < -0.4 is 0 Å². The van der Waals surface area contributed by atoms with E-state index in [1.54, 1.807) is 13.0 Å². The van der Waals surface area contributed by atoms with E-state index in [2.05, 4.69) is 0 Å². The maximum atomic E-state index is 13.3. The van der Waals surface area contributed by atoms with Crippen molar-refractivity contribution in [3.63, 3.8) is 0 Å². The molecule has 0 amide bonds. The van der Waals surface area contributed by atoms with Crippen LogP contribution in [0.4, 0.5) is 4.39 Å². The summed E-state index contributed by atoms with van der Waals surface area (Å²) in [4.78, 5) is 0. The summed E-state index contributed by atoms with van der Waals surface area (Å²) < 4.78 is 18.8. The first kappa shape index (κ1) is 13.1. The number of aryl methyl sites for hydroxylation is 1. The first-order chi connectivity index (χ1) is 7.99. The number of rotatable bonds is 2. The van der Waals surface area contributed by atoms with Gasteiger partial charge in [0, 0.05) is 10.9 Å². The van der Waals surface area contributed by atoms with E-state index in [4.69, 9.17) is 27.9 Å². The van der Waals surface area contributed by atoms with E-state index in [1.807, 2.05) is 6.92 Å². The second kappa shape index (κ2) is 5.13. The fraction of sp³-hybridized carbons (Fsp3) is 0.538. The Morgan fingerprint density at radius 3 is 2.76 bits per heavy atom. The Bertz CT molecular complexity index is 422. The van der Waals surface area contributed by atoms with Crippen molar-refractivity contribution in [1.29, 1.82) is 0 Å². The topological polar surface area (TPSA) is 9.23 Å². The second-order valence-electron chi connectivity index (χ2n) is 4.66. The number of ether oxygens (including phenoxy) is 1. The quantitative estimate of drug-likeness (QED) is 0.723. The van der Waals surface area contributed by atoms with Gasteiger partial charge in [-0.15, -0.1) is 11.6 Å². The van der Waals surface area contributed by atoms with Gasteiger partial charge in [-0.1, -0.05) is 17.7 Å². The molecule has 0 N–H and O–H groups in total. The van der Waals surface area contributed by atoms with Crippen LogP contribution in [0.25, 0.3) is 0 Å². The van der Waals surface area contributed by atoms with Crippen LogP contribution in [-0.2, 0) is 4.74 Å². The Morgan fingerprint density at radius 1 is 1.47 bits per heavy atom. The van der Waals surface area contributed by atoms with Crippen LogP contribution in [0.15, 0.2) is 12.1 Å². The van der Waals surface area contributed by atoms with Crippen molar-refractivity contribution in [2.24, 2.45) is 5.92 Å². The molecule has 1 aliphatic heterocycles. The summed E-state index contributed by atoms with van der Waals surface area (Å²) in [5, 5.41) is 0.180. The summed E-state index contributed by atoms with van der Waals surface area (Å²) in [5.41, 5.74) is 1.37. The Labute approximate surface area is 111 Å². The van der Waals surface area contributed by atoms with Gasteiger partial charge in [-0.3, -0.25) is 0 Å². The summed E-state index contributed by atoms with van der Waals surface area (Å²) in [6.45, 7) is 4.38. The largest absolute Gasteiger partial charge is 0.378 e. The van der Waals surface area contributed by atoms with Crippen molar-refractivity contribution < 1.29 is 9.13 Å². The van der Waals surface area contributed by atoms with Gasteiger partial charge < -0.3 is 4.74 Å². The van der Waals surface area contributed by atoms with Gasteiger partial charge in [0.05, 0.1) is 18.1 Å². The maximum Gasteiger partial charge on any atom is 0.127 e. The lowest BCUT2D eigenvalue weighted by Gasteiger charge is -2.18. The molecule has 0 saturated carbocycles. The summed E-state index contributed by atoms with van der Waals surface area (Å²) in [5.74, 6) is -0.0484. The lowest BCUT2D eigenvalue weighted by atomic mass is 9.95. The van der Waals surface area contributed by atoms with Crippen LogP contribution in [-0.4, -0.2) is 12.7 Å². The van der Waals surface area contributed by atoms with E-state index >= 15 is 0 Å². The molecule has 0 spiro atoms. The predicted molar refractivity (Wildman–Crippen MR) is 68.3 cm³/mol. The van der Waals surface area contributed by atoms with Crippen LogP contribution in [0, 0.1) is 18.7 Å². The maximum absolute atomic E-state index is 13.3. The Kier molecular flexibility index (Phi) is 3.96. The third kappa shape index (κ3) is 2.75. The molecule has 1 aromatic rings. The monoisotopic (exact) mass is 276 g/mol. The highest BCUT2D eigenvalue weighted by Gasteiger charge is 2.30. The van der Waals surface area contributed by atoms with Crippen molar-refractivity contribution in [2.75, 3.05) is 6.61 Å². The molecule has 1 saturated heterocycles. The normalized spacial score (nSPS) is 26.2. The van der Waals surface area contributed by atoms with Crippen LogP contribution in [0.5, 0.6) is 0 Å². The van der Waals surface area contributed by atoms with E-state index in [0.717, 1.165) is 12.0 Å². The standard InChI is InChI=1S/C13H15Cl2FO/c1-7-3-10(11(14)5-12(7)16)13(15)9-4-8(2)17-6-9/h3,5,8-9,13H,4,6H2,1-2H3. The molecule has 3 atom stereocenters. The highest BCUT2D eigenvalue weighted by molar-refractivity contribution is 6.32. The van der Waals surface area contributed by atoms with E-state index in [0.29, 0.717) is 17.2 Å². The number of hydrogen-bond donors (Lipinski definition) is 0. The molecule has 1 nitrogen and oxygen atoms in total. The number of alkyl halides is 1. The summed E-state index contributed by atoms with van der Waals surface area (Å²) in [7, 11) is 0. The highest BCUT2D eigenvalue weighted by atomic mass is 35.5. The molecule has 3 unspecified atom stereocenters. The average molecular weight is 277 g/mol. The molecule has 4 heteroatoms. The van der Waals surface area contributed by atoms with Gasteiger partial charge in [0.1, 0.15) is 5.82 Å². The first-order valence-corrected chi connectivity index (χ1v) is 6.51. The molecule has 0 aromatic heterocycles. The highest BCUT2D eigenvalue weighted by Crippen LogP contribution is 2.40. The fourth-order valence-corrected chi connectivity index (χ4v) is 2.88. The van der Waals surface area contributed by atoms with Crippen LogP contribution in [0.3, 0.4) is 0 Å². The number of benzene rings is 1. The van der Waals surface area contributed by atoms with E-state index in [1.165, 1.54) is 6.07 Å². The van der Waals surface area contributed by atoms with Gasteiger partial charge in [-0.05, 0) is 37.5 Å². The number of hydrogen-bond acceptors (Lipinski definition) is 1. The van der Waals surface area contributed by atoms with Gasteiger partial charge in [0.15, 0.2) is 0 Å². The second-order valence-corrected chi connectivity index (χ2v) is 5.54. The molecule has 2 rings (SSSR count). The summed E-state index contributed by atoms with van der Waals surface area (Å²) in [6, 6.07) is 3.07. The number of halogens is 3. The van der Waals surface area contributed by atoms with Gasteiger partial charge in [0.2, 0.25) is 0 Å². The van der Waals surface area contributed by atoms with Crippen molar-refractivity contribution in [3.05, 3.63) is 34.1 Å². The van der Waals surface area contributed by atoms with Gasteiger partial charge in [-0.25, -0.2) is 4.39 Å². The zero-order chi connectivity index (χ0) is 12.6. The zero-order valence-electron chi connectivity index (χ0n) is 9.84. The Hall–Kier alpha value is -0.310. The molecule has 1 fully saturated rings. The predicted octanol–water partition coefficient (Wildman–Crippen LogP) is 4.49. The van der Waals surface area contributed by atoms with Gasteiger partial charge >= 0.3 is 0 Å². The van der Waals surface area contributed by atoms with E-state index < -0.39 is 0 Å². The first-order valence-electron chi connectivity index (χ1n) is 5.70. The molecule has 0 bridgehead atoms. The van der Waals surface area contributed by atoms with E-state index in [-0.39, 0.29) is 23.2 Å². The van der Waals surface area contributed by atoms with Crippen LogP contribution in [0.1, 0.15) is 29.8 Å². The molecule has 94 valence electrons. The summed E-state index contributed by atoms with van der Waals surface area (Å²) >= 11 is 12.5. The zero-order valence-corrected chi connectivity index (χ0v) is 11.4.